The molecule has 0 atom stereocenters. The predicted octanol–water partition coefficient (Wildman–Crippen LogP) is 4.05. The summed E-state index contributed by atoms with van der Waals surface area (Å²) in [6, 6.07) is 3.19. The van der Waals surface area contributed by atoms with Gasteiger partial charge in [-0.05, 0) is 32.9 Å². The fourth-order valence-electron chi connectivity index (χ4n) is 1.25. The highest BCUT2D eigenvalue weighted by molar-refractivity contribution is 5.49. The van der Waals surface area contributed by atoms with Crippen LogP contribution in [0.5, 0.6) is 0 Å². The summed E-state index contributed by atoms with van der Waals surface area (Å²) < 4.78 is 50.7. The van der Waals surface area contributed by atoms with Crippen LogP contribution in [0.1, 0.15) is 26.3 Å². The maximum absolute atomic E-state index is 13.5. The van der Waals surface area contributed by atoms with Crippen molar-refractivity contribution in [2.45, 2.75) is 32.5 Å². The number of benzene rings is 1. The van der Waals surface area contributed by atoms with E-state index in [-0.39, 0.29) is 5.69 Å². The molecule has 90 valence electrons. The first-order chi connectivity index (χ1) is 7.11. The number of anilines is 1. The molecule has 1 nitrogen and oxygen atoms in total. The molecule has 0 bridgehead atoms. The molecule has 5 heteroatoms. The van der Waals surface area contributed by atoms with Gasteiger partial charge in [-0.15, -0.1) is 0 Å². The summed E-state index contributed by atoms with van der Waals surface area (Å²) in [6.45, 7) is 5.23. The van der Waals surface area contributed by atoms with Gasteiger partial charge < -0.3 is 5.32 Å². The Morgan fingerprint density at radius 3 is 2.06 bits per heavy atom. The minimum atomic E-state index is -4.67. The predicted molar refractivity (Wildman–Crippen MR) is 54.8 cm³/mol. The largest absolute Gasteiger partial charge is 0.419 e. The number of hydrogen-bond donors (Lipinski definition) is 1. The lowest BCUT2D eigenvalue weighted by Crippen LogP contribution is -2.27. The van der Waals surface area contributed by atoms with Crippen molar-refractivity contribution in [3.8, 4) is 0 Å². The van der Waals surface area contributed by atoms with E-state index < -0.39 is 23.1 Å². The highest BCUT2D eigenvalue weighted by Crippen LogP contribution is 2.34. The molecule has 0 saturated heterocycles. The van der Waals surface area contributed by atoms with Crippen LogP contribution in [-0.2, 0) is 6.18 Å². The van der Waals surface area contributed by atoms with Crippen LogP contribution in [0.3, 0.4) is 0 Å². The van der Waals surface area contributed by atoms with Crippen molar-refractivity contribution in [2.24, 2.45) is 0 Å². The second-order valence-corrected chi connectivity index (χ2v) is 4.54. The maximum atomic E-state index is 13.5. The standard InChI is InChI=1S/C11H13F4N/c1-10(2,3)16-8-6-4-5-7(9(8)12)11(13,14)15/h4-6,16H,1-3H3. The Balaban J connectivity index is 3.15. The van der Waals surface area contributed by atoms with E-state index in [4.69, 9.17) is 0 Å². The maximum Gasteiger partial charge on any atom is 0.419 e. The van der Waals surface area contributed by atoms with Gasteiger partial charge >= 0.3 is 6.18 Å². The van der Waals surface area contributed by atoms with E-state index in [0.717, 1.165) is 6.07 Å². The average Bonchev–Trinajstić information content (AvgIpc) is 2.04. The summed E-state index contributed by atoms with van der Waals surface area (Å²) in [6.07, 6.45) is -4.67. The van der Waals surface area contributed by atoms with Crippen molar-refractivity contribution in [1.82, 2.24) is 0 Å². The van der Waals surface area contributed by atoms with Crippen LogP contribution in [0.4, 0.5) is 23.2 Å². The van der Waals surface area contributed by atoms with Gasteiger partial charge in [0, 0.05) is 5.54 Å². The molecule has 0 unspecified atom stereocenters. The number of rotatable bonds is 1. The van der Waals surface area contributed by atoms with E-state index in [0.29, 0.717) is 0 Å². The Kier molecular flexibility index (Phi) is 3.17. The number of hydrogen-bond acceptors (Lipinski definition) is 1. The van der Waals surface area contributed by atoms with E-state index in [1.165, 1.54) is 12.1 Å². The van der Waals surface area contributed by atoms with E-state index in [1.54, 1.807) is 20.8 Å². The number of halogens is 4. The molecule has 0 aromatic heterocycles. The summed E-state index contributed by atoms with van der Waals surface area (Å²) in [5, 5.41) is 2.69. The van der Waals surface area contributed by atoms with Gasteiger partial charge in [0.25, 0.3) is 0 Å². The molecule has 0 heterocycles. The molecular formula is C11H13F4N. The lowest BCUT2D eigenvalue weighted by Gasteiger charge is -2.23. The van der Waals surface area contributed by atoms with Crippen molar-refractivity contribution >= 4 is 5.69 Å². The second kappa shape index (κ2) is 3.96. The summed E-state index contributed by atoms with van der Waals surface area (Å²) in [4.78, 5) is 0. The SMILES string of the molecule is CC(C)(C)Nc1cccc(C(F)(F)F)c1F. The molecule has 0 amide bonds. The minimum absolute atomic E-state index is 0.137. The Bertz CT molecular complexity index is 377. The van der Waals surface area contributed by atoms with Crippen LogP contribution in [0.25, 0.3) is 0 Å². The van der Waals surface area contributed by atoms with Gasteiger partial charge in [-0.3, -0.25) is 0 Å². The smallest absolute Gasteiger partial charge is 0.378 e. The second-order valence-electron chi connectivity index (χ2n) is 4.54. The van der Waals surface area contributed by atoms with Crippen molar-refractivity contribution in [2.75, 3.05) is 5.32 Å². The topological polar surface area (TPSA) is 12.0 Å². The van der Waals surface area contributed by atoms with E-state index in [9.17, 15) is 17.6 Å². The molecule has 0 aliphatic rings. The van der Waals surface area contributed by atoms with Gasteiger partial charge in [0.15, 0.2) is 5.82 Å². The van der Waals surface area contributed by atoms with Crippen LogP contribution in [-0.4, -0.2) is 5.54 Å². The third kappa shape index (κ3) is 3.12. The fourth-order valence-corrected chi connectivity index (χ4v) is 1.25. The summed E-state index contributed by atoms with van der Waals surface area (Å²) in [5.74, 6) is -1.26. The third-order valence-corrected chi connectivity index (χ3v) is 1.81. The molecule has 1 rings (SSSR count). The first-order valence-corrected chi connectivity index (χ1v) is 4.75. The molecule has 0 aliphatic heterocycles. The summed E-state index contributed by atoms with van der Waals surface area (Å²) >= 11 is 0. The van der Waals surface area contributed by atoms with Crippen molar-refractivity contribution < 1.29 is 17.6 Å². The lowest BCUT2D eigenvalue weighted by atomic mass is 10.1. The monoisotopic (exact) mass is 235 g/mol. The molecule has 0 saturated carbocycles. The molecule has 0 spiro atoms. The minimum Gasteiger partial charge on any atom is -0.378 e. The first kappa shape index (κ1) is 12.8. The Morgan fingerprint density at radius 2 is 1.62 bits per heavy atom. The van der Waals surface area contributed by atoms with Gasteiger partial charge in [-0.1, -0.05) is 6.07 Å². The lowest BCUT2D eigenvalue weighted by molar-refractivity contribution is -0.139. The van der Waals surface area contributed by atoms with E-state index in [2.05, 4.69) is 5.32 Å². The molecule has 0 radical (unpaired) electrons. The van der Waals surface area contributed by atoms with Gasteiger partial charge in [0.1, 0.15) is 0 Å². The number of nitrogens with one attached hydrogen (secondary N) is 1. The third-order valence-electron chi connectivity index (χ3n) is 1.81. The Labute approximate surface area is 91.5 Å². The molecular weight excluding hydrogens is 222 g/mol. The van der Waals surface area contributed by atoms with Gasteiger partial charge in [0.2, 0.25) is 0 Å². The molecule has 1 N–H and O–H groups in total. The van der Waals surface area contributed by atoms with Gasteiger partial charge in [0.05, 0.1) is 11.3 Å². The highest BCUT2D eigenvalue weighted by atomic mass is 19.4. The van der Waals surface area contributed by atoms with Gasteiger partial charge in [-0.2, -0.15) is 13.2 Å². The Hall–Kier alpha value is -1.26. The van der Waals surface area contributed by atoms with Crippen molar-refractivity contribution in [3.63, 3.8) is 0 Å². The average molecular weight is 235 g/mol. The zero-order valence-electron chi connectivity index (χ0n) is 9.24. The molecule has 1 aromatic rings. The summed E-state index contributed by atoms with van der Waals surface area (Å²) in [7, 11) is 0. The zero-order chi connectivity index (χ0) is 12.6. The van der Waals surface area contributed by atoms with Gasteiger partial charge in [-0.25, -0.2) is 4.39 Å². The number of alkyl halides is 3. The van der Waals surface area contributed by atoms with Crippen LogP contribution in [0.15, 0.2) is 18.2 Å². The molecule has 1 aromatic carbocycles. The van der Waals surface area contributed by atoms with Crippen LogP contribution in [0, 0.1) is 5.82 Å². The fraction of sp³-hybridized carbons (Fsp3) is 0.455. The van der Waals surface area contributed by atoms with Crippen molar-refractivity contribution in [1.29, 1.82) is 0 Å². The Morgan fingerprint density at radius 1 is 1.06 bits per heavy atom. The quantitative estimate of drug-likeness (QED) is 0.724. The summed E-state index contributed by atoms with van der Waals surface area (Å²) in [5.41, 5.74) is -1.88. The first-order valence-electron chi connectivity index (χ1n) is 4.75. The van der Waals surface area contributed by atoms with Crippen LogP contribution >= 0.6 is 0 Å². The highest BCUT2D eigenvalue weighted by Gasteiger charge is 2.35. The molecule has 16 heavy (non-hydrogen) atoms. The van der Waals surface area contributed by atoms with E-state index >= 15 is 0 Å². The van der Waals surface area contributed by atoms with Crippen LogP contribution < -0.4 is 5.32 Å². The zero-order valence-corrected chi connectivity index (χ0v) is 9.24. The van der Waals surface area contributed by atoms with E-state index in [1.807, 2.05) is 0 Å². The normalized spacial score (nSPS) is 12.7. The molecule has 0 fully saturated rings. The van der Waals surface area contributed by atoms with Crippen LogP contribution in [0.2, 0.25) is 0 Å². The van der Waals surface area contributed by atoms with Crippen molar-refractivity contribution in [3.05, 3.63) is 29.6 Å². The molecule has 0 aliphatic carbocycles.